The fourth-order valence-corrected chi connectivity index (χ4v) is 1.65. The van der Waals surface area contributed by atoms with E-state index in [1.54, 1.807) is 6.20 Å². The molecule has 0 aliphatic heterocycles. The Hall–Kier alpha value is -2.03. The van der Waals surface area contributed by atoms with Crippen molar-refractivity contribution in [3.63, 3.8) is 0 Å². The zero-order valence-corrected chi connectivity index (χ0v) is 9.77. The number of esters is 1. The van der Waals surface area contributed by atoms with Crippen molar-refractivity contribution in [1.82, 2.24) is 4.98 Å². The Balaban J connectivity index is 1.84. The van der Waals surface area contributed by atoms with Gasteiger partial charge in [0, 0.05) is 12.6 Å². The Kier molecular flexibility index (Phi) is 3.60. The lowest BCUT2D eigenvalue weighted by Gasteiger charge is -2.04. The van der Waals surface area contributed by atoms with Crippen LogP contribution in [0.3, 0.4) is 0 Å². The van der Waals surface area contributed by atoms with Crippen molar-refractivity contribution >= 4 is 5.97 Å². The molecule has 0 atom stereocenters. The van der Waals surface area contributed by atoms with Crippen LogP contribution < -0.4 is 0 Å². The van der Waals surface area contributed by atoms with Crippen molar-refractivity contribution < 1.29 is 9.53 Å². The zero-order valence-electron chi connectivity index (χ0n) is 9.77. The third-order valence-corrected chi connectivity index (χ3v) is 2.63. The van der Waals surface area contributed by atoms with Crippen LogP contribution in [-0.2, 0) is 11.2 Å². The summed E-state index contributed by atoms with van der Waals surface area (Å²) in [5.41, 5.74) is 2.62. The molecule has 0 unspecified atom stereocenters. The Bertz CT molecular complexity index is 488. The Morgan fingerprint density at radius 2 is 2.00 bits per heavy atom. The summed E-state index contributed by atoms with van der Waals surface area (Å²) in [4.78, 5) is 14.5. The van der Waals surface area contributed by atoms with Gasteiger partial charge < -0.3 is 9.72 Å². The number of ether oxygens (including phenoxy) is 1. The molecule has 1 aromatic heterocycles. The van der Waals surface area contributed by atoms with Crippen LogP contribution in [0.5, 0.6) is 0 Å². The number of carbonyl (C=O) groups is 1. The van der Waals surface area contributed by atoms with Crippen LogP contribution in [-0.4, -0.2) is 17.6 Å². The largest absolute Gasteiger partial charge is 0.461 e. The summed E-state index contributed by atoms with van der Waals surface area (Å²) in [6.07, 6.45) is 2.48. The predicted molar refractivity (Wildman–Crippen MR) is 66.0 cm³/mol. The number of carbonyl (C=O) groups excluding carboxylic acids is 1. The maximum Gasteiger partial charge on any atom is 0.355 e. The fraction of sp³-hybridized carbons (Fsp3) is 0.214. The lowest BCUT2D eigenvalue weighted by atomic mass is 10.2. The molecule has 0 saturated heterocycles. The topological polar surface area (TPSA) is 42.1 Å². The molecule has 1 heterocycles. The van der Waals surface area contributed by atoms with E-state index in [1.807, 2.05) is 43.3 Å². The van der Waals surface area contributed by atoms with Crippen LogP contribution in [0.1, 0.15) is 21.6 Å². The van der Waals surface area contributed by atoms with Gasteiger partial charge in [0.25, 0.3) is 0 Å². The average molecular weight is 229 g/mol. The molecular weight excluding hydrogens is 214 g/mol. The first-order chi connectivity index (χ1) is 8.27. The standard InChI is InChI=1S/C14H15NO2/c1-11-7-9-15-13(11)14(16)17-10-8-12-5-3-2-4-6-12/h2-7,9,15H,8,10H2,1H3. The maximum atomic E-state index is 11.7. The van der Waals surface area contributed by atoms with Crippen molar-refractivity contribution in [2.75, 3.05) is 6.61 Å². The average Bonchev–Trinajstić information content (AvgIpc) is 2.77. The first-order valence-electron chi connectivity index (χ1n) is 5.62. The lowest BCUT2D eigenvalue weighted by Crippen LogP contribution is -2.09. The first kappa shape index (κ1) is 11.5. The molecule has 3 heteroatoms. The van der Waals surface area contributed by atoms with Crippen LogP contribution >= 0.6 is 0 Å². The molecule has 0 amide bonds. The number of nitrogens with one attached hydrogen (secondary N) is 1. The summed E-state index contributed by atoms with van der Waals surface area (Å²) in [6, 6.07) is 11.8. The molecule has 0 spiro atoms. The van der Waals surface area contributed by atoms with Gasteiger partial charge in [-0.1, -0.05) is 30.3 Å². The van der Waals surface area contributed by atoms with E-state index in [2.05, 4.69) is 4.98 Å². The second kappa shape index (κ2) is 5.34. The van der Waals surface area contributed by atoms with Gasteiger partial charge in [-0.15, -0.1) is 0 Å². The Morgan fingerprint density at radius 3 is 2.65 bits per heavy atom. The fourth-order valence-electron chi connectivity index (χ4n) is 1.65. The molecule has 2 rings (SSSR count). The van der Waals surface area contributed by atoms with Crippen LogP contribution in [0.4, 0.5) is 0 Å². The molecule has 2 aromatic rings. The number of aromatic nitrogens is 1. The van der Waals surface area contributed by atoms with Gasteiger partial charge in [-0.3, -0.25) is 0 Å². The highest BCUT2D eigenvalue weighted by atomic mass is 16.5. The van der Waals surface area contributed by atoms with E-state index in [9.17, 15) is 4.79 Å². The van der Waals surface area contributed by atoms with Gasteiger partial charge in [-0.05, 0) is 24.1 Å². The SMILES string of the molecule is Cc1cc[nH]c1C(=O)OCCc1ccccc1. The number of H-pyrrole nitrogens is 1. The first-order valence-corrected chi connectivity index (χ1v) is 5.62. The van der Waals surface area contributed by atoms with Gasteiger partial charge in [0.1, 0.15) is 5.69 Å². The minimum Gasteiger partial charge on any atom is -0.461 e. The van der Waals surface area contributed by atoms with Crippen molar-refractivity contribution in [1.29, 1.82) is 0 Å². The second-order valence-corrected chi connectivity index (χ2v) is 3.91. The molecule has 88 valence electrons. The van der Waals surface area contributed by atoms with E-state index >= 15 is 0 Å². The third-order valence-electron chi connectivity index (χ3n) is 2.63. The number of hydrogen-bond acceptors (Lipinski definition) is 2. The Morgan fingerprint density at radius 1 is 1.24 bits per heavy atom. The Labute approximate surface area is 100 Å². The van der Waals surface area contributed by atoms with Gasteiger partial charge in [-0.25, -0.2) is 4.79 Å². The molecule has 1 N–H and O–H groups in total. The molecular formula is C14H15NO2. The molecule has 3 nitrogen and oxygen atoms in total. The van der Waals surface area contributed by atoms with Crippen molar-refractivity contribution in [2.45, 2.75) is 13.3 Å². The summed E-state index contributed by atoms with van der Waals surface area (Å²) in [7, 11) is 0. The number of benzene rings is 1. The minimum atomic E-state index is -0.288. The molecule has 0 bridgehead atoms. The quantitative estimate of drug-likeness (QED) is 0.819. The third kappa shape index (κ3) is 2.97. The van der Waals surface area contributed by atoms with Gasteiger partial charge in [0.2, 0.25) is 0 Å². The number of hydrogen-bond donors (Lipinski definition) is 1. The molecule has 0 radical (unpaired) electrons. The monoisotopic (exact) mass is 229 g/mol. The van der Waals surface area contributed by atoms with Crippen LogP contribution in [0.2, 0.25) is 0 Å². The molecule has 0 aliphatic carbocycles. The van der Waals surface area contributed by atoms with Crippen molar-refractivity contribution in [2.24, 2.45) is 0 Å². The van der Waals surface area contributed by atoms with Gasteiger partial charge in [0.15, 0.2) is 0 Å². The number of aromatic amines is 1. The van der Waals surface area contributed by atoms with E-state index in [0.717, 1.165) is 12.0 Å². The van der Waals surface area contributed by atoms with Gasteiger partial charge >= 0.3 is 5.97 Å². The normalized spacial score (nSPS) is 10.2. The lowest BCUT2D eigenvalue weighted by molar-refractivity contribution is 0.0502. The van der Waals surface area contributed by atoms with E-state index in [0.29, 0.717) is 12.3 Å². The molecule has 17 heavy (non-hydrogen) atoms. The molecule has 0 saturated carbocycles. The predicted octanol–water partition coefficient (Wildman–Crippen LogP) is 2.72. The van der Waals surface area contributed by atoms with Gasteiger partial charge in [-0.2, -0.15) is 0 Å². The summed E-state index contributed by atoms with van der Waals surface area (Å²) in [5.74, 6) is -0.288. The van der Waals surface area contributed by atoms with Crippen LogP contribution in [0.15, 0.2) is 42.6 Å². The summed E-state index contributed by atoms with van der Waals surface area (Å²) in [5, 5.41) is 0. The maximum absolute atomic E-state index is 11.7. The highest BCUT2D eigenvalue weighted by Crippen LogP contribution is 2.07. The van der Waals surface area contributed by atoms with E-state index in [4.69, 9.17) is 4.74 Å². The highest BCUT2D eigenvalue weighted by Gasteiger charge is 2.10. The smallest absolute Gasteiger partial charge is 0.355 e. The summed E-state index contributed by atoms with van der Waals surface area (Å²) in [6.45, 7) is 2.28. The summed E-state index contributed by atoms with van der Waals surface area (Å²) < 4.78 is 5.20. The molecule has 0 fully saturated rings. The van der Waals surface area contributed by atoms with Crippen LogP contribution in [0, 0.1) is 6.92 Å². The van der Waals surface area contributed by atoms with Gasteiger partial charge in [0.05, 0.1) is 6.61 Å². The van der Waals surface area contributed by atoms with Crippen molar-refractivity contribution in [3.05, 3.63) is 59.4 Å². The minimum absolute atomic E-state index is 0.288. The van der Waals surface area contributed by atoms with Crippen molar-refractivity contribution in [3.8, 4) is 0 Å². The van der Waals surface area contributed by atoms with Crippen LogP contribution in [0.25, 0.3) is 0 Å². The molecule has 0 aliphatic rings. The second-order valence-electron chi connectivity index (χ2n) is 3.91. The van der Waals surface area contributed by atoms with E-state index in [1.165, 1.54) is 5.56 Å². The van der Waals surface area contributed by atoms with E-state index in [-0.39, 0.29) is 5.97 Å². The van der Waals surface area contributed by atoms with E-state index < -0.39 is 0 Å². The number of rotatable bonds is 4. The summed E-state index contributed by atoms with van der Waals surface area (Å²) >= 11 is 0. The number of aryl methyl sites for hydroxylation is 1. The molecule has 1 aromatic carbocycles. The zero-order chi connectivity index (χ0) is 12.1. The highest BCUT2D eigenvalue weighted by molar-refractivity contribution is 5.88.